The van der Waals surface area contributed by atoms with E-state index in [-0.39, 0.29) is 11.7 Å². The van der Waals surface area contributed by atoms with Crippen LogP contribution in [-0.4, -0.2) is 29.9 Å². The molecule has 0 atom stereocenters. The maximum absolute atomic E-state index is 12.8. The van der Waals surface area contributed by atoms with Crippen LogP contribution in [0, 0.1) is 5.82 Å². The van der Waals surface area contributed by atoms with Crippen LogP contribution in [0.2, 0.25) is 0 Å². The molecular weight excluding hydrogens is 255 g/mol. The van der Waals surface area contributed by atoms with Crippen molar-refractivity contribution in [2.45, 2.75) is 45.1 Å². The minimum Gasteiger partial charge on any atom is -0.382 e. The van der Waals surface area contributed by atoms with Crippen molar-refractivity contribution in [3.05, 3.63) is 30.1 Å². The number of carbonyl (C=O) groups is 1. The van der Waals surface area contributed by atoms with Crippen molar-refractivity contribution >= 4 is 11.6 Å². The third-order valence-corrected chi connectivity index (χ3v) is 3.81. The highest BCUT2D eigenvalue weighted by atomic mass is 19.1. The van der Waals surface area contributed by atoms with Crippen LogP contribution in [0.4, 0.5) is 10.1 Å². The average Bonchev–Trinajstić information content (AvgIpc) is 2.48. The Kier molecular flexibility index (Phi) is 5.39. The lowest BCUT2D eigenvalue weighted by molar-refractivity contribution is -0.132. The van der Waals surface area contributed by atoms with Crippen LogP contribution in [-0.2, 0) is 4.79 Å². The summed E-state index contributed by atoms with van der Waals surface area (Å²) in [5, 5.41) is 3.41. The van der Waals surface area contributed by atoms with Gasteiger partial charge in [0.15, 0.2) is 0 Å². The molecule has 0 spiro atoms. The first-order chi connectivity index (χ1) is 9.69. The maximum Gasteiger partial charge on any atom is 0.222 e. The van der Waals surface area contributed by atoms with E-state index in [0.29, 0.717) is 12.5 Å². The Bertz CT molecular complexity index is 425. The van der Waals surface area contributed by atoms with E-state index < -0.39 is 0 Å². The Morgan fingerprint density at radius 2 is 1.95 bits per heavy atom. The number of amides is 1. The van der Waals surface area contributed by atoms with Gasteiger partial charge in [0.05, 0.1) is 0 Å². The largest absolute Gasteiger partial charge is 0.382 e. The van der Waals surface area contributed by atoms with Gasteiger partial charge in [-0.05, 0) is 43.5 Å². The van der Waals surface area contributed by atoms with E-state index in [0.717, 1.165) is 44.5 Å². The van der Waals surface area contributed by atoms with E-state index in [1.165, 1.54) is 12.1 Å². The second-order valence-corrected chi connectivity index (χ2v) is 5.41. The number of carbonyl (C=O) groups excluding carboxylic acids is 1. The predicted octanol–water partition coefficient (Wildman–Crippen LogP) is 3.42. The summed E-state index contributed by atoms with van der Waals surface area (Å²) in [6, 6.07) is 6.82. The van der Waals surface area contributed by atoms with Crippen LogP contribution < -0.4 is 5.32 Å². The molecule has 0 unspecified atom stereocenters. The molecule has 3 nitrogen and oxygen atoms in total. The monoisotopic (exact) mass is 278 g/mol. The van der Waals surface area contributed by atoms with Crippen molar-refractivity contribution < 1.29 is 9.18 Å². The quantitative estimate of drug-likeness (QED) is 0.895. The molecule has 0 saturated carbocycles. The van der Waals surface area contributed by atoms with Crippen LogP contribution in [0.5, 0.6) is 0 Å². The Hall–Kier alpha value is -1.58. The van der Waals surface area contributed by atoms with Gasteiger partial charge in [-0.3, -0.25) is 4.79 Å². The number of anilines is 1. The first-order valence-corrected chi connectivity index (χ1v) is 7.49. The lowest BCUT2D eigenvalue weighted by Gasteiger charge is -2.33. The topological polar surface area (TPSA) is 32.3 Å². The van der Waals surface area contributed by atoms with Gasteiger partial charge >= 0.3 is 0 Å². The van der Waals surface area contributed by atoms with E-state index >= 15 is 0 Å². The summed E-state index contributed by atoms with van der Waals surface area (Å²) in [7, 11) is 0. The molecule has 0 bridgehead atoms. The molecule has 1 fully saturated rings. The van der Waals surface area contributed by atoms with Gasteiger partial charge in [0.2, 0.25) is 5.91 Å². The Morgan fingerprint density at radius 1 is 1.30 bits per heavy atom. The third-order valence-electron chi connectivity index (χ3n) is 3.81. The minimum absolute atomic E-state index is 0.216. The summed E-state index contributed by atoms with van der Waals surface area (Å²) in [4.78, 5) is 13.9. The van der Waals surface area contributed by atoms with Gasteiger partial charge in [0, 0.05) is 31.2 Å². The molecule has 1 aromatic carbocycles. The molecule has 1 amide bonds. The molecule has 0 radical (unpaired) electrons. The van der Waals surface area contributed by atoms with Crippen molar-refractivity contribution in [1.82, 2.24) is 4.90 Å². The van der Waals surface area contributed by atoms with Crippen molar-refractivity contribution in [3.8, 4) is 0 Å². The molecule has 2 rings (SSSR count). The predicted molar refractivity (Wildman–Crippen MR) is 79.1 cm³/mol. The van der Waals surface area contributed by atoms with Crippen LogP contribution in [0.1, 0.15) is 39.0 Å². The number of hydrogen-bond acceptors (Lipinski definition) is 2. The maximum atomic E-state index is 12.8. The van der Waals surface area contributed by atoms with E-state index in [2.05, 4.69) is 12.2 Å². The van der Waals surface area contributed by atoms with Gasteiger partial charge in [0.1, 0.15) is 5.82 Å². The average molecular weight is 278 g/mol. The first-order valence-electron chi connectivity index (χ1n) is 7.49. The standard InChI is InChI=1S/C16H23FN2O/c1-2-3-4-16(20)19-11-9-15(10-12-19)18-14-7-5-13(17)6-8-14/h5-8,15,18H,2-4,9-12H2,1H3. The number of rotatable bonds is 5. The van der Waals surface area contributed by atoms with Crippen LogP contribution in [0.25, 0.3) is 0 Å². The number of unbranched alkanes of at least 4 members (excludes halogenated alkanes) is 1. The SMILES string of the molecule is CCCCC(=O)N1CCC(Nc2ccc(F)cc2)CC1. The molecule has 110 valence electrons. The zero-order valence-electron chi connectivity index (χ0n) is 12.1. The molecule has 20 heavy (non-hydrogen) atoms. The van der Waals surface area contributed by atoms with Crippen LogP contribution >= 0.6 is 0 Å². The number of hydrogen-bond donors (Lipinski definition) is 1. The second kappa shape index (κ2) is 7.27. The summed E-state index contributed by atoms with van der Waals surface area (Å²) < 4.78 is 12.8. The fraction of sp³-hybridized carbons (Fsp3) is 0.562. The highest BCUT2D eigenvalue weighted by Crippen LogP contribution is 2.18. The number of benzene rings is 1. The highest BCUT2D eigenvalue weighted by molar-refractivity contribution is 5.76. The second-order valence-electron chi connectivity index (χ2n) is 5.41. The van der Waals surface area contributed by atoms with Gasteiger partial charge in [-0.15, -0.1) is 0 Å². The molecule has 1 saturated heterocycles. The van der Waals surface area contributed by atoms with Gasteiger partial charge in [-0.2, -0.15) is 0 Å². The summed E-state index contributed by atoms with van der Waals surface area (Å²) in [5.74, 6) is 0.0685. The summed E-state index contributed by atoms with van der Waals surface area (Å²) in [6.45, 7) is 3.74. The Labute approximate surface area is 120 Å². The molecule has 1 heterocycles. The fourth-order valence-electron chi connectivity index (χ4n) is 2.54. The van der Waals surface area contributed by atoms with Crippen molar-refractivity contribution in [2.75, 3.05) is 18.4 Å². The van der Waals surface area contributed by atoms with Crippen molar-refractivity contribution in [2.24, 2.45) is 0 Å². The number of halogens is 1. The molecule has 0 aliphatic carbocycles. The lowest BCUT2D eigenvalue weighted by Crippen LogP contribution is -2.42. The number of likely N-dealkylation sites (tertiary alicyclic amines) is 1. The van der Waals surface area contributed by atoms with E-state index in [1.807, 2.05) is 4.90 Å². The molecule has 1 N–H and O–H groups in total. The van der Waals surface area contributed by atoms with Gasteiger partial charge < -0.3 is 10.2 Å². The van der Waals surface area contributed by atoms with Crippen molar-refractivity contribution in [3.63, 3.8) is 0 Å². The van der Waals surface area contributed by atoms with E-state index in [4.69, 9.17) is 0 Å². The number of piperidine rings is 1. The zero-order chi connectivity index (χ0) is 14.4. The van der Waals surface area contributed by atoms with Crippen LogP contribution in [0.15, 0.2) is 24.3 Å². The fourth-order valence-corrected chi connectivity index (χ4v) is 2.54. The molecule has 0 aromatic heterocycles. The van der Waals surface area contributed by atoms with Crippen LogP contribution in [0.3, 0.4) is 0 Å². The summed E-state index contributed by atoms with van der Waals surface area (Å²) >= 11 is 0. The highest BCUT2D eigenvalue weighted by Gasteiger charge is 2.22. The van der Waals surface area contributed by atoms with E-state index in [1.54, 1.807) is 12.1 Å². The van der Waals surface area contributed by atoms with Crippen molar-refractivity contribution in [1.29, 1.82) is 0 Å². The normalized spacial score (nSPS) is 16.2. The Balaban J connectivity index is 1.76. The number of nitrogens with one attached hydrogen (secondary N) is 1. The smallest absolute Gasteiger partial charge is 0.222 e. The van der Waals surface area contributed by atoms with Gasteiger partial charge in [-0.25, -0.2) is 4.39 Å². The Morgan fingerprint density at radius 3 is 2.55 bits per heavy atom. The zero-order valence-corrected chi connectivity index (χ0v) is 12.1. The first kappa shape index (κ1) is 14.8. The molecule has 4 heteroatoms. The third kappa shape index (κ3) is 4.22. The van der Waals surface area contributed by atoms with E-state index in [9.17, 15) is 9.18 Å². The lowest BCUT2D eigenvalue weighted by atomic mass is 10.0. The molecule has 1 aromatic rings. The minimum atomic E-state index is -0.216. The van der Waals surface area contributed by atoms with Gasteiger partial charge in [0.25, 0.3) is 0 Å². The molecule has 1 aliphatic heterocycles. The summed E-state index contributed by atoms with van der Waals surface area (Å²) in [6.07, 6.45) is 4.62. The number of nitrogens with zero attached hydrogens (tertiary/aromatic N) is 1. The van der Waals surface area contributed by atoms with Gasteiger partial charge in [-0.1, -0.05) is 13.3 Å². The summed E-state index contributed by atoms with van der Waals surface area (Å²) in [5.41, 5.74) is 0.946. The molecular formula is C16H23FN2O. The molecule has 1 aliphatic rings.